The topological polar surface area (TPSA) is 39.1 Å². The first-order valence-corrected chi connectivity index (χ1v) is 7.07. The van der Waals surface area contributed by atoms with Crippen molar-refractivity contribution in [3.05, 3.63) is 47.8 Å². The number of hydrogen-bond donors (Lipinski definition) is 1. The van der Waals surface area contributed by atoms with E-state index < -0.39 is 0 Å². The van der Waals surface area contributed by atoms with Crippen LogP contribution in [0.3, 0.4) is 0 Å². The summed E-state index contributed by atoms with van der Waals surface area (Å²) in [4.78, 5) is 0. The van der Waals surface area contributed by atoms with Crippen molar-refractivity contribution in [2.45, 2.75) is 32.9 Å². The molecule has 0 fully saturated rings. The molecule has 0 amide bonds. The third-order valence-electron chi connectivity index (χ3n) is 2.97. The lowest BCUT2D eigenvalue weighted by molar-refractivity contribution is 0.242. The van der Waals surface area contributed by atoms with Gasteiger partial charge in [0.2, 0.25) is 0 Å². The van der Waals surface area contributed by atoms with Crippen LogP contribution in [0.1, 0.15) is 25.0 Å². The number of nitrogens with zero attached hydrogens (tertiary/aromatic N) is 2. The number of aryl methyl sites for hydroxylation is 1. The average Bonchev–Trinajstić information content (AvgIpc) is 2.82. The van der Waals surface area contributed by atoms with Crippen LogP contribution in [0.2, 0.25) is 0 Å². The molecule has 0 saturated heterocycles. The first kappa shape index (κ1) is 14.6. The van der Waals surface area contributed by atoms with Crippen molar-refractivity contribution < 1.29 is 4.74 Å². The summed E-state index contributed by atoms with van der Waals surface area (Å²) >= 11 is 0. The van der Waals surface area contributed by atoms with Crippen molar-refractivity contribution in [3.63, 3.8) is 0 Å². The minimum Gasteiger partial charge on any atom is -0.491 e. The normalized spacial score (nSPS) is 11.0. The van der Waals surface area contributed by atoms with E-state index in [4.69, 9.17) is 4.74 Å². The van der Waals surface area contributed by atoms with Crippen LogP contribution in [0.5, 0.6) is 5.75 Å². The first-order chi connectivity index (χ1) is 9.63. The fraction of sp³-hybridized carbons (Fsp3) is 0.438. The van der Waals surface area contributed by atoms with E-state index in [9.17, 15) is 0 Å². The average molecular weight is 273 g/mol. The molecule has 0 atom stereocenters. The molecular formula is C16H23N3O. The molecule has 4 nitrogen and oxygen atoms in total. The monoisotopic (exact) mass is 273 g/mol. The largest absolute Gasteiger partial charge is 0.491 e. The molecule has 0 aliphatic carbocycles. The molecule has 1 aromatic carbocycles. The van der Waals surface area contributed by atoms with Crippen LogP contribution in [0.4, 0.5) is 0 Å². The standard InChI is InChI=1S/C16H23N3O/c1-13(2)20-16-6-4-14(5-7-16)10-17-9-8-15-11-18-19(3)12-15/h4-7,11-13,17H,8-10H2,1-3H3. The minimum absolute atomic E-state index is 0.221. The molecule has 1 N–H and O–H groups in total. The van der Waals surface area contributed by atoms with Gasteiger partial charge < -0.3 is 10.1 Å². The van der Waals surface area contributed by atoms with Crippen LogP contribution in [0.15, 0.2) is 36.7 Å². The van der Waals surface area contributed by atoms with Crippen LogP contribution in [-0.2, 0) is 20.0 Å². The third-order valence-corrected chi connectivity index (χ3v) is 2.97. The van der Waals surface area contributed by atoms with Crippen LogP contribution >= 0.6 is 0 Å². The molecule has 20 heavy (non-hydrogen) atoms. The Bertz CT molecular complexity index is 517. The summed E-state index contributed by atoms with van der Waals surface area (Å²) in [6.07, 6.45) is 5.19. The summed E-state index contributed by atoms with van der Waals surface area (Å²) < 4.78 is 7.46. The van der Waals surface area contributed by atoms with Gasteiger partial charge in [-0.05, 0) is 50.1 Å². The Morgan fingerprint density at radius 3 is 2.55 bits per heavy atom. The molecule has 0 saturated carbocycles. The lowest BCUT2D eigenvalue weighted by Gasteiger charge is -2.10. The third kappa shape index (κ3) is 4.70. The highest BCUT2D eigenvalue weighted by Gasteiger charge is 1.99. The van der Waals surface area contributed by atoms with E-state index in [1.165, 1.54) is 11.1 Å². The van der Waals surface area contributed by atoms with E-state index in [0.717, 1.165) is 25.3 Å². The minimum atomic E-state index is 0.221. The Labute approximate surface area is 120 Å². The summed E-state index contributed by atoms with van der Waals surface area (Å²) in [6.45, 7) is 5.90. The molecule has 4 heteroatoms. The van der Waals surface area contributed by atoms with Gasteiger partial charge in [-0.25, -0.2) is 0 Å². The second kappa shape index (κ2) is 7.10. The van der Waals surface area contributed by atoms with Gasteiger partial charge in [0.25, 0.3) is 0 Å². The Morgan fingerprint density at radius 1 is 1.20 bits per heavy atom. The maximum Gasteiger partial charge on any atom is 0.119 e. The predicted molar refractivity (Wildman–Crippen MR) is 80.8 cm³/mol. The van der Waals surface area contributed by atoms with Crippen molar-refractivity contribution in [1.82, 2.24) is 15.1 Å². The maximum atomic E-state index is 5.63. The van der Waals surface area contributed by atoms with Crippen molar-refractivity contribution in [1.29, 1.82) is 0 Å². The number of aromatic nitrogens is 2. The molecule has 0 radical (unpaired) electrons. The molecule has 0 aliphatic rings. The van der Waals surface area contributed by atoms with E-state index in [1.54, 1.807) is 0 Å². The Kier molecular flexibility index (Phi) is 5.18. The Hall–Kier alpha value is -1.81. The van der Waals surface area contributed by atoms with Gasteiger partial charge in [0.05, 0.1) is 12.3 Å². The van der Waals surface area contributed by atoms with Gasteiger partial charge in [-0.2, -0.15) is 5.10 Å². The highest BCUT2D eigenvalue weighted by Crippen LogP contribution is 2.13. The number of benzene rings is 1. The lowest BCUT2D eigenvalue weighted by Crippen LogP contribution is -2.16. The zero-order valence-corrected chi connectivity index (χ0v) is 12.5. The predicted octanol–water partition coefficient (Wildman–Crippen LogP) is 2.54. The first-order valence-electron chi connectivity index (χ1n) is 7.07. The van der Waals surface area contributed by atoms with Gasteiger partial charge in [0.1, 0.15) is 5.75 Å². The second-order valence-corrected chi connectivity index (χ2v) is 5.26. The number of rotatable bonds is 7. The molecule has 0 unspecified atom stereocenters. The smallest absolute Gasteiger partial charge is 0.119 e. The zero-order valence-electron chi connectivity index (χ0n) is 12.5. The summed E-state index contributed by atoms with van der Waals surface area (Å²) in [5, 5.41) is 7.60. The summed E-state index contributed by atoms with van der Waals surface area (Å²) in [5.74, 6) is 0.930. The lowest BCUT2D eigenvalue weighted by atomic mass is 10.2. The molecule has 0 spiro atoms. The van der Waals surface area contributed by atoms with Gasteiger partial charge in [-0.3, -0.25) is 4.68 Å². The van der Waals surface area contributed by atoms with Crippen molar-refractivity contribution in [2.24, 2.45) is 7.05 Å². The van der Waals surface area contributed by atoms with Crippen LogP contribution in [0, 0.1) is 0 Å². The quantitative estimate of drug-likeness (QED) is 0.788. The molecule has 2 rings (SSSR count). The van der Waals surface area contributed by atoms with Gasteiger partial charge >= 0.3 is 0 Å². The Morgan fingerprint density at radius 2 is 1.95 bits per heavy atom. The van der Waals surface area contributed by atoms with E-state index in [-0.39, 0.29) is 6.10 Å². The van der Waals surface area contributed by atoms with Crippen LogP contribution in [0.25, 0.3) is 0 Å². The SMILES string of the molecule is CC(C)Oc1ccc(CNCCc2cnn(C)c2)cc1. The van der Waals surface area contributed by atoms with E-state index in [0.29, 0.717) is 0 Å². The van der Waals surface area contributed by atoms with Crippen molar-refractivity contribution in [2.75, 3.05) is 6.54 Å². The zero-order chi connectivity index (χ0) is 14.4. The number of hydrogen-bond acceptors (Lipinski definition) is 3. The molecule has 2 aromatic rings. The van der Waals surface area contributed by atoms with Gasteiger partial charge in [0.15, 0.2) is 0 Å². The molecule has 0 aliphatic heterocycles. The van der Waals surface area contributed by atoms with Gasteiger partial charge in [-0.1, -0.05) is 12.1 Å². The van der Waals surface area contributed by atoms with E-state index in [1.807, 2.05) is 43.9 Å². The number of ether oxygens (including phenoxy) is 1. The van der Waals surface area contributed by atoms with Crippen molar-refractivity contribution in [3.8, 4) is 5.75 Å². The highest BCUT2D eigenvalue weighted by atomic mass is 16.5. The fourth-order valence-corrected chi connectivity index (χ4v) is 2.02. The van der Waals surface area contributed by atoms with Gasteiger partial charge in [-0.15, -0.1) is 0 Å². The van der Waals surface area contributed by atoms with Crippen molar-refractivity contribution >= 4 is 0 Å². The highest BCUT2D eigenvalue weighted by molar-refractivity contribution is 5.27. The maximum absolute atomic E-state index is 5.63. The summed E-state index contributed by atoms with van der Waals surface area (Å²) in [5.41, 5.74) is 2.54. The molecule has 1 heterocycles. The van der Waals surface area contributed by atoms with Gasteiger partial charge in [0, 0.05) is 19.8 Å². The molecule has 0 bridgehead atoms. The second-order valence-electron chi connectivity index (χ2n) is 5.26. The van der Waals surface area contributed by atoms with E-state index in [2.05, 4.69) is 28.7 Å². The van der Waals surface area contributed by atoms with E-state index >= 15 is 0 Å². The fourth-order valence-electron chi connectivity index (χ4n) is 2.02. The molecule has 108 valence electrons. The summed E-state index contributed by atoms with van der Waals surface area (Å²) in [6, 6.07) is 8.26. The summed E-state index contributed by atoms with van der Waals surface area (Å²) in [7, 11) is 1.94. The molecular weight excluding hydrogens is 250 g/mol. The molecule has 1 aromatic heterocycles. The van der Waals surface area contributed by atoms with Crippen LogP contribution in [-0.4, -0.2) is 22.4 Å². The number of nitrogens with one attached hydrogen (secondary N) is 1. The Balaban J connectivity index is 1.71. The van der Waals surface area contributed by atoms with Crippen LogP contribution < -0.4 is 10.1 Å².